The minimum absolute atomic E-state index is 0.306. The predicted molar refractivity (Wildman–Crippen MR) is 91.5 cm³/mol. The van der Waals surface area contributed by atoms with Gasteiger partial charge in [0.05, 0.1) is 5.69 Å². The third kappa shape index (κ3) is 2.96. The van der Waals surface area contributed by atoms with E-state index >= 15 is 0 Å². The van der Waals surface area contributed by atoms with Gasteiger partial charge in [-0.05, 0) is 37.0 Å². The van der Waals surface area contributed by atoms with Gasteiger partial charge in [0.25, 0.3) is 0 Å². The molecule has 114 valence electrons. The number of para-hydroxylation sites is 1. The van der Waals surface area contributed by atoms with Crippen molar-refractivity contribution >= 4 is 35.1 Å². The number of hydrogen-bond acceptors (Lipinski definition) is 5. The number of benzene rings is 1. The van der Waals surface area contributed by atoms with Crippen LogP contribution in [0.15, 0.2) is 35.3 Å². The molecule has 0 N–H and O–H groups in total. The lowest BCUT2D eigenvalue weighted by Crippen LogP contribution is -2.50. The number of nitrogens with zero attached hydrogens (tertiary/aromatic N) is 1. The first-order chi connectivity index (χ1) is 10.2. The highest BCUT2D eigenvalue weighted by Crippen LogP contribution is 2.54. The molecule has 2 fully saturated rings. The zero-order chi connectivity index (χ0) is 14.8. The van der Waals surface area contributed by atoms with Crippen molar-refractivity contribution in [1.82, 2.24) is 0 Å². The molecule has 1 unspecified atom stereocenters. The van der Waals surface area contributed by atoms with Crippen molar-refractivity contribution in [2.45, 2.75) is 36.1 Å². The number of aliphatic imine (C=N–C) groups is 1. The van der Waals surface area contributed by atoms with Crippen molar-refractivity contribution in [3.05, 3.63) is 30.3 Å². The highest BCUT2D eigenvalue weighted by molar-refractivity contribution is 8.18. The maximum atomic E-state index is 6.27. The Morgan fingerprint density at radius 2 is 1.90 bits per heavy atom. The van der Waals surface area contributed by atoms with Crippen molar-refractivity contribution in [2.24, 2.45) is 4.99 Å². The third-order valence-electron chi connectivity index (χ3n) is 3.96. The molecule has 0 spiro atoms. The average Bonchev–Trinajstić information content (AvgIpc) is 2.92. The summed E-state index contributed by atoms with van der Waals surface area (Å²) in [6.45, 7) is 2.16. The van der Waals surface area contributed by atoms with Gasteiger partial charge >= 0.3 is 0 Å². The van der Waals surface area contributed by atoms with Crippen LogP contribution in [-0.4, -0.2) is 34.4 Å². The number of methoxy groups -OCH3 is 1. The van der Waals surface area contributed by atoms with Crippen molar-refractivity contribution < 1.29 is 9.47 Å². The van der Waals surface area contributed by atoms with Crippen molar-refractivity contribution in [1.29, 1.82) is 0 Å². The number of thioether (sulfide) groups is 2. The minimum Gasteiger partial charge on any atom is -0.470 e. The van der Waals surface area contributed by atoms with Gasteiger partial charge in [0, 0.05) is 20.0 Å². The highest BCUT2D eigenvalue weighted by Gasteiger charge is 2.56. The highest BCUT2D eigenvalue weighted by atomic mass is 32.2. The molecule has 2 heterocycles. The van der Waals surface area contributed by atoms with Gasteiger partial charge in [0.2, 0.25) is 0 Å². The topological polar surface area (TPSA) is 30.8 Å². The predicted octanol–water partition coefficient (Wildman–Crippen LogP) is 4.46. The first-order valence-corrected chi connectivity index (χ1v) is 9.29. The van der Waals surface area contributed by atoms with E-state index in [1.54, 1.807) is 7.11 Å². The molecule has 0 radical (unpaired) electrons. The summed E-state index contributed by atoms with van der Waals surface area (Å²) in [7, 11) is 1.80. The molecular formula is C16H21NO2S2. The van der Waals surface area contributed by atoms with Crippen LogP contribution in [0.3, 0.4) is 0 Å². The van der Waals surface area contributed by atoms with E-state index in [0.29, 0.717) is 0 Å². The second kappa shape index (κ2) is 6.23. The molecule has 0 bridgehead atoms. The van der Waals surface area contributed by atoms with Gasteiger partial charge in [0.15, 0.2) is 15.8 Å². The lowest BCUT2D eigenvalue weighted by molar-refractivity contribution is -0.0311. The summed E-state index contributed by atoms with van der Waals surface area (Å²) in [6.07, 6.45) is 3.06. The van der Waals surface area contributed by atoms with Crippen LogP contribution < -0.4 is 0 Å². The maximum absolute atomic E-state index is 6.27. The Bertz CT molecular complexity index is 514. The molecule has 21 heavy (non-hydrogen) atoms. The fraction of sp³-hybridized carbons (Fsp3) is 0.562. The summed E-state index contributed by atoms with van der Waals surface area (Å²) in [6, 6.07) is 10.00. The number of ether oxygens (including phenoxy) is 2. The fourth-order valence-corrected chi connectivity index (χ4v) is 6.07. The zero-order valence-electron chi connectivity index (χ0n) is 12.5. The first kappa shape index (κ1) is 15.3. The molecule has 3 rings (SSSR count). The van der Waals surface area contributed by atoms with Crippen LogP contribution in [0.1, 0.15) is 26.2 Å². The molecule has 1 aromatic rings. The van der Waals surface area contributed by atoms with Crippen LogP contribution in [0.4, 0.5) is 5.69 Å². The van der Waals surface area contributed by atoms with Crippen molar-refractivity contribution in [2.75, 3.05) is 18.6 Å². The van der Waals surface area contributed by atoms with E-state index in [-0.39, 0.29) is 9.87 Å². The number of rotatable bonds is 3. The second-order valence-corrected chi connectivity index (χ2v) is 8.29. The Morgan fingerprint density at radius 3 is 2.57 bits per heavy atom. The summed E-state index contributed by atoms with van der Waals surface area (Å²) in [5.74, 6) is 3.09. The van der Waals surface area contributed by atoms with E-state index in [1.165, 1.54) is 6.42 Å². The molecule has 3 nitrogen and oxygen atoms in total. The van der Waals surface area contributed by atoms with Crippen LogP contribution >= 0.6 is 23.5 Å². The van der Waals surface area contributed by atoms with Crippen LogP contribution in [0.5, 0.6) is 0 Å². The lowest BCUT2D eigenvalue weighted by atomic mass is 10.0. The molecule has 2 aliphatic heterocycles. The lowest BCUT2D eigenvalue weighted by Gasteiger charge is -2.45. The molecule has 0 aromatic heterocycles. The average molecular weight is 323 g/mol. The van der Waals surface area contributed by atoms with Gasteiger partial charge < -0.3 is 9.47 Å². The Labute approximate surface area is 134 Å². The Morgan fingerprint density at radius 1 is 1.19 bits per heavy atom. The monoisotopic (exact) mass is 323 g/mol. The first-order valence-electron chi connectivity index (χ1n) is 7.32. The fourth-order valence-electron chi connectivity index (χ4n) is 2.80. The van der Waals surface area contributed by atoms with Gasteiger partial charge in [-0.25, -0.2) is 4.99 Å². The normalized spacial score (nSPS) is 30.3. The smallest absolute Gasteiger partial charge is 0.200 e. The Hall–Kier alpha value is -0.650. The molecule has 0 aliphatic carbocycles. The van der Waals surface area contributed by atoms with E-state index < -0.39 is 0 Å². The summed E-state index contributed by atoms with van der Waals surface area (Å²) >= 11 is 3.75. The Balaban J connectivity index is 1.80. The maximum Gasteiger partial charge on any atom is 0.200 e. The summed E-state index contributed by atoms with van der Waals surface area (Å²) in [5.41, 5.74) is 0.637. The molecule has 0 saturated carbocycles. The van der Waals surface area contributed by atoms with E-state index in [9.17, 15) is 0 Å². The van der Waals surface area contributed by atoms with E-state index in [2.05, 4.69) is 11.9 Å². The van der Waals surface area contributed by atoms with Gasteiger partial charge in [-0.2, -0.15) is 0 Å². The molecule has 1 atom stereocenters. The van der Waals surface area contributed by atoms with Crippen molar-refractivity contribution in [3.8, 4) is 0 Å². The van der Waals surface area contributed by atoms with Gasteiger partial charge in [-0.3, -0.25) is 0 Å². The van der Waals surface area contributed by atoms with Gasteiger partial charge in [0.1, 0.15) is 0 Å². The van der Waals surface area contributed by atoms with E-state index in [4.69, 9.17) is 9.47 Å². The van der Waals surface area contributed by atoms with Crippen LogP contribution in [0, 0.1) is 0 Å². The number of hydrogen-bond donors (Lipinski definition) is 0. The summed E-state index contributed by atoms with van der Waals surface area (Å²) in [5, 5.41) is 0. The van der Waals surface area contributed by atoms with Crippen molar-refractivity contribution in [3.63, 3.8) is 0 Å². The van der Waals surface area contributed by atoms with Gasteiger partial charge in [-0.1, -0.05) is 18.2 Å². The molecule has 1 aromatic carbocycles. The molecule has 5 heteroatoms. The Kier molecular flexibility index (Phi) is 4.52. The largest absolute Gasteiger partial charge is 0.470 e. The molecule has 2 saturated heterocycles. The summed E-state index contributed by atoms with van der Waals surface area (Å²) in [4.78, 5) is 4.63. The van der Waals surface area contributed by atoms with E-state index in [1.807, 2.05) is 53.9 Å². The van der Waals surface area contributed by atoms with Crippen LogP contribution in [0.25, 0.3) is 0 Å². The van der Waals surface area contributed by atoms with E-state index in [0.717, 1.165) is 35.9 Å². The molecule has 2 aliphatic rings. The quantitative estimate of drug-likeness (QED) is 0.822. The van der Waals surface area contributed by atoms with Crippen LogP contribution in [0.2, 0.25) is 0 Å². The minimum atomic E-state index is -0.314. The third-order valence-corrected chi connectivity index (χ3v) is 7.61. The second-order valence-electron chi connectivity index (χ2n) is 5.48. The summed E-state index contributed by atoms with van der Waals surface area (Å²) < 4.78 is 11.9. The SMILES string of the molecule is COC1(C2(C)CCC(=Nc3ccccc3)O2)SCCCS1. The molecule has 0 amide bonds. The van der Waals surface area contributed by atoms with Crippen LogP contribution in [-0.2, 0) is 9.47 Å². The standard InChI is InChI=1S/C16H21NO2S2/c1-15(16(18-2)20-11-6-12-21-16)10-9-14(19-15)17-13-7-4-3-5-8-13/h3-5,7-8H,6,9-12H2,1-2H3. The zero-order valence-corrected chi connectivity index (χ0v) is 14.1. The molecular weight excluding hydrogens is 302 g/mol. The van der Waals surface area contributed by atoms with Gasteiger partial charge in [-0.15, -0.1) is 23.5 Å².